The van der Waals surface area contributed by atoms with Gasteiger partial charge in [0.1, 0.15) is 11.2 Å². The SMILES string of the molecule is CS(=O)(=O)c1ccc(Nc2ncc3cc4n(c3n2)C2(CCCCC2)C(=O)NC4)cc1. The van der Waals surface area contributed by atoms with E-state index in [1.807, 2.05) is 0 Å². The van der Waals surface area contributed by atoms with Crippen molar-refractivity contribution >= 4 is 38.4 Å². The van der Waals surface area contributed by atoms with E-state index < -0.39 is 15.4 Å². The van der Waals surface area contributed by atoms with E-state index in [9.17, 15) is 13.2 Å². The van der Waals surface area contributed by atoms with Crippen LogP contribution in [0.25, 0.3) is 11.0 Å². The second kappa shape index (κ2) is 6.80. The molecule has 5 rings (SSSR count). The molecule has 1 aromatic carbocycles. The van der Waals surface area contributed by atoms with Crippen LogP contribution in [0.15, 0.2) is 41.4 Å². The summed E-state index contributed by atoms with van der Waals surface area (Å²) < 4.78 is 25.4. The molecule has 0 unspecified atom stereocenters. The highest BCUT2D eigenvalue weighted by molar-refractivity contribution is 7.90. The van der Waals surface area contributed by atoms with Gasteiger partial charge in [-0.1, -0.05) is 19.3 Å². The summed E-state index contributed by atoms with van der Waals surface area (Å²) in [5, 5.41) is 7.11. The van der Waals surface area contributed by atoms with Crippen LogP contribution < -0.4 is 10.6 Å². The van der Waals surface area contributed by atoms with Crippen LogP contribution in [-0.4, -0.2) is 35.1 Å². The molecule has 1 saturated carbocycles. The van der Waals surface area contributed by atoms with Crippen LogP contribution in [0.1, 0.15) is 37.8 Å². The molecule has 3 aromatic rings. The molecule has 0 bridgehead atoms. The van der Waals surface area contributed by atoms with E-state index in [2.05, 4.69) is 26.3 Å². The highest BCUT2D eigenvalue weighted by atomic mass is 32.2. The van der Waals surface area contributed by atoms with Gasteiger partial charge in [-0.05, 0) is 43.2 Å². The fourth-order valence-corrected chi connectivity index (χ4v) is 5.28. The van der Waals surface area contributed by atoms with E-state index in [0.717, 1.165) is 48.8 Å². The predicted molar refractivity (Wildman–Crippen MR) is 113 cm³/mol. The molecular weight excluding hydrogens is 402 g/mol. The number of hydrogen-bond donors (Lipinski definition) is 2. The zero-order valence-corrected chi connectivity index (χ0v) is 17.5. The Labute approximate surface area is 174 Å². The zero-order chi connectivity index (χ0) is 20.9. The number of hydrogen-bond acceptors (Lipinski definition) is 6. The van der Waals surface area contributed by atoms with E-state index in [4.69, 9.17) is 4.98 Å². The number of benzene rings is 1. The van der Waals surface area contributed by atoms with Gasteiger partial charge in [0, 0.05) is 29.2 Å². The molecular formula is C21H23N5O3S. The van der Waals surface area contributed by atoms with Gasteiger partial charge in [0.15, 0.2) is 9.84 Å². The minimum Gasteiger partial charge on any atom is -0.348 e. The molecule has 3 heterocycles. The minimum atomic E-state index is -3.25. The van der Waals surface area contributed by atoms with Crippen LogP contribution in [-0.2, 0) is 26.7 Å². The molecule has 2 aliphatic rings. The Hall–Kier alpha value is -2.94. The van der Waals surface area contributed by atoms with Gasteiger partial charge in [-0.25, -0.2) is 13.4 Å². The first kappa shape index (κ1) is 19.0. The van der Waals surface area contributed by atoms with E-state index in [0.29, 0.717) is 18.2 Å². The summed E-state index contributed by atoms with van der Waals surface area (Å²) in [6.07, 6.45) is 7.77. The summed E-state index contributed by atoms with van der Waals surface area (Å²) in [5.41, 5.74) is 1.93. The molecule has 0 atom stereocenters. The number of rotatable bonds is 3. The van der Waals surface area contributed by atoms with Gasteiger partial charge in [-0.15, -0.1) is 0 Å². The molecule has 0 radical (unpaired) electrons. The van der Waals surface area contributed by atoms with Crippen molar-refractivity contribution in [1.29, 1.82) is 0 Å². The number of fused-ring (bicyclic) bond motifs is 4. The standard InChI is InChI=1S/C21H23N5O3S/c1-30(28,29)17-7-5-15(6-8-17)24-20-23-12-14-11-16-13-22-19(27)21(9-3-2-4-10-21)26(16)18(14)25-20/h5-8,11-12H,2-4,9-10,13H2,1H3,(H,22,27)(H,23,24,25). The lowest BCUT2D eigenvalue weighted by molar-refractivity contribution is -0.133. The van der Waals surface area contributed by atoms with Gasteiger partial charge < -0.3 is 15.2 Å². The van der Waals surface area contributed by atoms with Gasteiger partial charge in [0.2, 0.25) is 11.9 Å². The first-order chi connectivity index (χ1) is 14.4. The molecule has 2 aromatic heterocycles. The molecule has 8 nitrogen and oxygen atoms in total. The molecule has 156 valence electrons. The van der Waals surface area contributed by atoms with Crippen LogP contribution >= 0.6 is 0 Å². The summed E-state index contributed by atoms with van der Waals surface area (Å²) >= 11 is 0. The van der Waals surface area contributed by atoms with Crippen LogP contribution in [0, 0.1) is 0 Å². The number of carbonyl (C=O) groups is 1. The molecule has 9 heteroatoms. The average Bonchev–Trinajstić information content (AvgIpc) is 3.10. The Kier molecular flexibility index (Phi) is 4.32. The van der Waals surface area contributed by atoms with Crippen LogP contribution in [0.3, 0.4) is 0 Å². The maximum absolute atomic E-state index is 12.9. The van der Waals surface area contributed by atoms with Crippen molar-refractivity contribution in [3.05, 3.63) is 42.2 Å². The Morgan fingerprint density at radius 1 is 1.13 bits per heavy atom. The Morgan fingerprint density at radius 3 is 2.57 bits per heavy atom. The quantitative estimate of drug-likeness (QED) is 0.668. The van der Waals surface area contributed by atoms with E-state index >= 15 is 0 Å². The van der Waals surface area contributed by atoms with Crippen molar-refractivity contribution in [2.45, 2.75) is 49.1 Å². The fraction of sp³-hybridized carbons (Fsp3) is 0.381. The normalized spacial score (nSPS) is 18.2. The maximum atomic E-state index is 12.9. The number of nitrogens with zero attached hydrogens (tertiary/aromatic N) is 3. The van der Waals surface area contributed by atoms with Crippen molar-refractivity contribution in [3.63, 3.8) is 0 Å². The molecule has 0 saturated heterocycles. The lowest BCUT2D eigenvalue weighted by Gasteiger charge is -2.41. The largest absolute Gasteiger partial charge is 0.348 e. The molecule has 1 spiro atoms. The lowest BCUT2D eigenvalue weighted by Crippen LogP contribution is -2.54. The third kappa shape index (κ3) is 3.04. The smallest absolute Gasteiger partial charge is 0.246 e. The lowest BCUT2D eigenvalue weighted by atomic mass is 9.79. The minimum absolute atomic E-state index is 0.0803. The monoisotopic (exact) mass is 425 g/mol. The van der Waals surface area contributed by atoms with Gasteiger partial charge >= 0.3 is 0 Å². The van der Waals surface area contributed by atoms with Crippen molar-refractivity contribution in [2.24, 2.45) is 0 Å². The molecule has 1 aliphatic heterocycles. The first-order valence-electron chi connectivity index (χ1n) is 10.1. The fourth-order valence-electron chi connectivity index (χ4n) is 4.65. The number of carbonyl (C=O) groups excluding carboxylic acids is 1. The number of aromatic nitrogens is 3. The zero-order valence-electron chi connectivity index (χ0n) is 16.7. The van der Waals surface area contributed by atoms with Crippen LogP contribution in [0.5, 0.6) is 0 Å². The Morgan fingerprint density at radius 2 is 1.87 bits per heavy atom. The van der Waals surface area contributed by atoms with E-state index in [1.54, 1.807) is 30.5 Å². The van der Waals surface area contributed by atoms with Gasteiger partial charge in [-0.3, -0.25) is 4.79 Å². The topological polar surface area (TPSA) is 106 Å². The van der Waals surface area contributed by atoms with Crippen molar-refractivity contribution in [2.75, 3.05) is 11.6 Å². The van der Waals surface area contributed by atoms with Crippen molar-refractivity contribution < 1.29 is 13.2 Å². The van der Waals surface area contributed by atoms with Crippen LogP contribution in [0.4, 0.5) is 11.6 Å². The maximum Gasteiger partial charge on any atom is 0.246 e. The van der Waals surface area contributed by atoms with Crippen LogP contribution in [0.2, 0.25) is 0 Å². The number of nitrogens with one attached hydrogen (secondary N) is 2. The van der Waals surface area contributed by atoms with Crippen molar-refractivity contribution in [1.82, 2.24) is 19.9 Å². The highest BCUT2D eigenvalue weighted by Gasteiger charge is 2.45. The second-order valence-corrected chi connectivity index (χ2v) is 10.2. The molecule has 1 aliphatic carbocycles. The summed E-state index contributed by atoms with van der Waals surface area (Å²) in [6.45, 7) is 0.493. The molecule has 2 N–H and O–H groups in total. The van der Waals surface area contributed by atoms with Gasteiger partial charge in [0.05, 0.1) is 11.4 Å². The average molecular weight is 426 g/mol. The Balaban J connectivity index is 1.54. The third-order valence-corrected chi connectivity index (χ3v) is 7.25. The number of anilines is 2. The summed E-state index contributed by atoms with van der Waals surface area (Å²) in [6, 6.07) is 8.53. The number of amides is 1. The van der Waals surface area contributed by atoms with Gasteiger partial charge in [-0.2, -0.15) is 4.98 Å². The molecule has 30 heavy (non-hydrogen) atoms. The number of sulfone groups is 1. The second-order valence-electron chi connectivity index (χ2n) is 8.14. The molecule has 1 amide bonds. The summed E-state index contributed by atoms with van der Waals surface area (Å²) in [7, 11) is -3.25. The highest BCUT2D eigenvalue weighted by Crippen LogP contribution is 2.41. The summed E-state index contributed by atoms with van der Waals surface area (Å²) in [5.74, 6) is 0.490. The van der Waals surface area contributed by atoms with Gasteiger partial charge in [0.25, 0.3) is 0 Å². The van der Waals surface area contributed by atoms with E-state index in [1.165, 1.54) is 6.26 Å². The predicted octanol–water partition coefficient (Wildman–Crippen LogP) is 2.87. The molecule has 1 fully saturated rings. The Bertz CT molecular complexity index is 1240. The third-order valence-electron chi connectivity index (χ3n) is 6.12. The van der Waals surface area contributed by atoms with E-state index in [-0.39, 0.29) is 10.8 Å². The summed E-state index contributed by atoms with van der Waals surface area (Å²) in [4.78, 5) is 22.3. The first-order valence-corrected chi connectivity index (χ1v) is 12.0. The van der Waals surface area contributed by atoms with Crippen molar-refractivity contribution in [3.8, 4) is 0 Å².